The van der Waals surface area contributed by atoms with Crippen LogP contribution in [0.25, 0.3) is 0 Å². The second-order valence-electron chi connectivity index (χ2n) is 6.51. The second kappa shape index (κ2) is 7.64. The molecule has 1 fully saturated rings. The molecule has 23 heavy (non-hydrogen) atoms. The fourth-order valence-electron chi connectivity index (χ4n) is 3.02. The summed E-state index contributed by atoms with van der Waals surface area (Å²) in [6, 6.07) is 5.03. The van der Waals surface area contributed by atoms with Gasteiger partial charge in [0.25, 0.3) is 0 Å². The third kappa shape index (κ3) is 5.19. The first kappa shape index (κ1) is 18.2. The maximum atomic E-state index is 12.6. The molecule has 3 N–H and O–H groups in total. The first-order chi connectivity index (χ1) is 10.8. The molecule has 0 aromatic heterocycles. The van der Waals surface area contributed by atoms with Crippen molar-refractivity contribution in [3.05, 3.63) is 35.4 Å². The summed E-state index contributed by atoms with van der Waals surface area (Å²) in [4.78, 5) is 2.33. The molecule has 1 saturated heterocycles. The van der Waals surface area contributed by atoms with Crippen molar-refractivity contribution < 1.29 is 18.3 Å². The minimum atomic E-state index is -4.34. The Bertz CT molecular complexity index is 480. The Morgan fingerprint density at radius 1 is 1.22 bits per heavy atom. The summed E-state index contributed by atoms with van der Waals surface area (Å²) in [5.41, 5.74) is 5.64. The fraction of sp³-hybridized carbons (Fsp3) is 0.647. The predicted molar refractivity (Wildman–Crippen MR) is 83.8 cm³/mol. The Hall–Kier alpha value is -1.11. The van der Waals surface area contributed by atoms with E-state index in [1.165, 1.54) is 12.1 Å². The number of rotatable bonds is 5. The maximum absolute atomic E-state index is 12.6. The molecule has 2 atom stereocenters. The Morgan fingerprint density at radius 2 is 1.78 bits per heavy atom. The van der Waals surface area contributed by atoms with Gasteiger partial charge in [-0.05, 0) is 69.4 Å². The zero-order valence-electron chi connectivity index (χ0n) is 13.4. The van der Waals surface area contributed by atoms with Crippen molar-refractivity contribution in [1.29, 1.82) is 0 Å². The number of nitrogens with two attached hydrogens (primary N) is 1. The van der Waals surface area contributed by atoms with Crippen LogP contribution >= 0.6 is 0 Å². The molecular weight excluding hydrogens is 305 g/mol. The first-order valence-corrected chi connectivity index (χ1v) is 8.10. The molecule has 1 heterocycles. The minimum absolute atomic E-state index is 0.0956. The molecule has 0 aliphatic carbocycles. The molecule has 0 radical (unpaired) electrons. The van der Waals surface area contributed by atoms with Crippen LogP contribution < -0.4 is 5.73 Å². The van der Waals surface area contributed by atoms with E-state index in [1.54, 1.807) is 0 Å². The van der Waals surface area contributed by atoms with E-state index in [9.17, 15) is 18.3 Å². The van der Waals surface area contributed by atoms with Crippen molar-refractivity contribution >= 4 is 0 Å². The molecule has 1 aromatic carbocycles. The summed E-state index contributed by atoms with van der Waals surface area (Å²) >= 11 is 0. The molecule has 0 amide bonds. The Kier molecular flexibility index (Phi) is 6.06. The van der Waals surface area contributed by atoms with Gasteiger partial charge in [-0.1, -0.05) is 12.1 Å². The van der Waals surface area contributed by atoms with Crippen LogP contribution in [0, 0.1) is 5.92 Å². The SMILES string of the molecule is CC(N)CCN1CCC(C(O)c2ccc(C(F)(F)F)cc2)CC1. The Labute approximate surface area is 135 Å². The van der Waals surface area contributed by atoms with Crippen LogP contribution in [-0.4, -0.2) is 35.7 Å². The third-order valence-electron chi connectivity index (χ3n) is 4.56. The van der Waals surface area contributed by atoms with Gasteiger partial charge >= 0.3 is 6.18 Å². The monoisotopic (exact) mass is 330 g/mol. The number of aliphatic hydroxyl groups is 1. The average Bonchev–Trinajstić information content (AvgIpc) is 2.52. The van der Waals surface area contributed by atoms with E-state index >= 15 is 0 Å². The fourth-order valence-corrected chi connectivity index (χ4v) is 3.02. The number of halogens is 3. The van der Waals surface area contributed by atoms with E-state index in [1.807, 2.05) is 6.92 Å². The summed E-state index contributed by atoms with van der Waals surface area (Å²) < 4.78 is 37.7. The van der Waals surface area contributed by atoms with Crippen LogP contribution in [0.3, 0.4) is 0 Å². The van der Waals surface area contributed by atoms with Crippen molar-refractivity contribution in [1.82, 2.24) is 4.90 Å². The smallest absolute Gasteiger partial charge is 0.388 e. The molecule has 1 aliphatic rings. The van der Waals surface area contributed by atoms with Crippen LogP contribution in [0.2, 0.25) is 0 Å². The number of hydrogen-bond donors (Lipinski definition) is 2. The van der Waals surface area contributed by atoms with Gasteiger partial charge in [-0.2, -0.15) is 13.2 Å². The lowest BCUT2D eigenvalue weighted by Crippen LogP contribution is -2.37. The lowest BCUT2D eigenvalue weighted by Gasteiger charge is -2.34. The van der Waals surface area contributed by atoms with Gasteiger partial charge in [-0.25, -0.2) is 0 Å². The number of likely N-dealkylation sites (tertiary alicyclic amines) is 1. The van der Waals surface area contributed by atoms with Crippen LogP contribution in [0.4, 0.5) is 13.2 Å². The molecule has 6 heteroatoms. The molecule has 0 spiro atoms. The highest BCUT2D eigenvalue weighted by Crippen LogP contribution is 2.33. The molecule has 2 rings (SSSR count). The molecule has 1 aliphatic heterocycles. The standard InChI is InChI=1S/C17H25F3N2O/c1-12(21)6-9-22-10-7-14(8-11-22)16(23)13-2-4-15(5-3-13)17(18,19)20/h2-5,12,14,16,23H,6-11,21H2,1H3. The van der Waals surface area contributed by atoms with E-state index in [4.69, 9.17) is 5.73 Å². The molecule has 1 aromatic rings. The number of benzene rings is 1. The Morgan fingerprint density at radius 3 is 2.26 bits per heavy atom. The first-order valence-electron chi connectivity index (χ1n) is 8.10. The molecule has 0 saturated carbocycles. The molecule has 2 unspecified atom stereocenters. The van der Waals surface area contributed by atoms with Gasteiger partial charge in [0.1, 0.15) is 0 Å². The van der Waals surface area contributed by atoms with Gasteiger partial charge < -0.3 is 15.7 Å². The summed E-state index contributed by atoms with van der Waals surface area (Å²) in [6.07, 6.45) is -2.39. The van der Waals surface area contributed by atoms with E-state index < -0.39 is 17.8 Å². The summed E-state index contributed by atoms with van der Waals surface area (Å²) in [6.45, 7) is 4.74. The molecule has 130 valence electrons. The van der Waals surface area contributed by atoms with Crippen molar-refractivity contribution in [2.75, 3.05) is 19.6 Å². The van der Waals surface area contributed by atoms with Crippen molar-refractivity contribution in [2.45, 2.75) is 44.5 Å². The van der Waals surface area contributed by atoms with Crippen LogP contribution in [-0.2, 0) is 6.18 Å². The number of alkyl halides is 3. The number of aliphatic hydroxyl groups excluding tert-OH is 1. The molecule has 3 nitrogen and oxygen atoms in total. The lowest BCUT2D eigenvalue weighted by molar-refractivity contribution is -0.137. The number of piperidine rings is 1. The van der Waals surface area contributed by atoms with Crippen LogP contribution in [0.15, 0.2) is 24.3 Å². The van der Waals surface area contributed by atoms with Gasteiger partial charge in [-0.3, -0.25) is 0 Å². The molecule has 0 bridgehead atoms. The molecular formula is C17H25F3N2O. The number of nitrogens with zero attached hydrogens (tertiary/aromatic N) is 1. The zero-order chi connectivity index (χ0) is 17.0. The summed E-state index contributed by atoms with van der Waals surface area (Å²) in [7, 11) is 0. The zero-order valence-corrected chi connectivity index (χ0v) is 13.4. The third-order valence-corrected chi connectivity index (χ3v) is 4.56. The van der Waals surface area contributed by atoms with Gasteiger partial charge in [0.15, 0.2) is 0 Å². The average molecular weight is 330 g/mol. The van der Waals surface area contributed by atoms with Crippen LogP contribution in [0.5, 0.6) is 0 Å². The van der Waals surface area contributed by atoms with Gasteiger partial charge in [0.05, 0.1) is 11.7 Å². The minimum Gasteiger partial charge on any atom is -0.388 e. The van der Waals surface area contributed by atoms with Crippen LogP contribution in [0.1, 0.15) is 43.4 Å². The normalized spacial score (nSPS) is 20.4. The Balaban J connectivity index is 1.88. The van der Waals surface area contributed by atoms with E-state index in [0.29, 0.717) is 5.56 Å². The summed E-state index contributed by atoms with van der Waals surface area (Å²) in [5, 5.41) is 10.4. The van der Waals surface area contributed by atoms with Gasteiger partial charge in [0, 0.05) is 6.04 Å². The topological polar surface area (TPSA) is 49.5 Å². The van der Waals surface area contributed by atoms with Crippen molar-refractivity contribution in [3.63, 3.8) is 0 Å². The summed E-state index contributed by atoms with van der Waals surface area (Å²) in [5.74, 6) is 0.0956. The predicted octanol–water partition coefficient (Wildman–Crippen LogP) is 3.19. The number of hydrogen-bond acceptors (Lipinski definition) is 3. The highest BCUT2D eigenvalue weighted by molar-refractivity contribution is 5.26. The van der Waals surface area contributed by atoms with Crippen molar-refractivity contribution in [2.24, 2.45) is 11.7 Å². The highest BCUT2D eigenvalue weighted by atomic mass is 19.4. The largest absolute Gasteiger partial charge is 0.416 e. The van der Waals surface area contributed by atoms with Gasteiger partial charge in [-0.15, -0.1) is 0 Å². The van der Waals surface area contributed by atoms with Gasteiger partial charge in [0.2, 0.25) is 0 Å². The highest BCUT2D eigenvalue weighted by Gasteiger charge is 2.31. The van der Waals surface area contributed by atoms with Crippen molar-refractivity contribution in [3.8, 4) is 0 Å². The van der Waals surface area contributed by atoms with E-state index in [0.717, 1.165) is 51.0 Å². The lowest BCUT2D eigenvalue weighted by atomic mass is 9.87. The van der Waals surface area contributed by atoms with E-state index in [-0.39, 0.29) is 12.0 Å². The maximum Gasteiger partial charge on any atom is 0.416 e. The quantitative estimate of drug-likeness (QED) is 0.872. The second-order valence-corrected chi connectivity index (χ2v) is 6.51. The van der Waals surface area contributed by atoms with E-state index in [2.05, 4.69) is 4.90 Å².